The van der Waals surface area contributed by atoms with Gasteiger partial charge in [-0.3, -0.25) is 9.59 Å². The first-order valence-corrected chi connectivity index (χ1v) is 14.2. The van der Waals surface area contributed by atoms with E-state index in [1.54, 1.807) is 9.58 Å². The third-order valence-electron chi connectivity index (χ3n) is 6.84. The third kappa shape index (κ3) is 5.44. The van der Waals surface area contributed by atoms with E-state index >= 15 is 0 Å². The Kier molecular flexibility index (Phi) is 8.04. The Labute approximate surface area is 231 Å². The maximum absolute atomic E-state index is 13.1. The fourth-order valence-corrected chi connectivity index (χ4v) is 5.94. The number of halogens is 1. The predicted molar refractivity (Wildman–Crippen MR) is 149 cm³/mol. The predicted octanol–water partition coefficient (Wildman–Crippen LogP) is 5.49. The van der Waals surface area contributed by atoms with Crippen molar-refractivity contribution in [3.8, 4) is 5.75 Å². The van der Waals surface area contributed by atoms with Crippen molar-refractivity contribution in [1.29, 1.82) is 0 Å². The molecule has 5 rings (SSSR count). The van der Waals surface area contributed by atoms with Gasteiger partial charge < -0.3 is 15.0 Å². The number of thioether (sulfide) groups is 1. The summed E-state index contributed by atoms with van der Waals surface area (Å²) in [5.41, 5.74) is 3.57. The Balaban J connectivity index is 1.39. The van der Waals surface area contributed by atoms with Crippen molar-refractivity contribution in [1.82, 2.24) is 19.7 Å². The van der Waals surface area contributed by atoms with E-state index in [-0.39, 0.29) is 24.3 Å². The number of nitrogens with one attached hydrogen (secondary N) is 1. The number of ketones is 1. The molecule has 2 heterocycles. The fraction of sp³-hybridized carbons (Fsp3) is 0.357. The number of carbonyl (C=O) groups excluding carboxylic acids is 2. The number of amides is 1. The van der Waals surface area contributed by atoms with Crippen molar-refractivity contribution in [3.63, 3.8) is 0 Å². The average Bonchev–Trinajstić information content (AvgIpc) is 3.34. The van der Waals surface area contributed by atoms with Gasteiger partial charge in [0, 0.05) is 41.6 Å². The van der Waals surface area contributed by atoms with E-state index < -0.39 is 0 Å². The number of hydrogen-bond donors (Lipinski definition) is 1. The summed E-state index contributed by atoms with van der Waals surface area (Å²) >= 11 is 7.83. The number of nitrogens with zero attached hydrogens (tertiary/aromatic N) is 4. The van der Waals surface area contributed by atoms with E-state index in [1.807, 2.05) is 62.4 Å². The first kappa shape index (κ1) is 26.3. The lowest BCUT2D eigenvalue weighted by molar-refractivity contribution is -0.133. The average molecular weight is 552 g/mol. The second-order valence-electron chi connectivity index (χ2n) is 9.16. The molecule has 8 nitrogen and oxygen atoms in total. The number of carbonyl (C=O) groups is 2. The molecule has 38 heavy (non-hydrogen) atoms. The Morgan fingerprint density at radius 1 is 1.16 bits per heavy atom. The first-order chi connectivity index (χ1) is 18.5. The molecular weight excluding hydrogens is 522 g/mol. The minimum Gasteiger partial charge on any atom is -0.484 e. The zero-order chi connectivity index (χ0) is 26.6. The Bertz CT molecular complexity index is 1370. The SMILES string of the molecule is CCN(CC)C(=O)COc1ccc(C2C3=C(CCCC3=O)Nc3nc(SCc4ccccc4Cl)nn32)cc1. The van der Waals surface area contributed by atoms with Gasteiger partial charge >= 0.3 is 0 Å². The van der Waals surface area contributed by atoms with E-state index in [9.17, 15) is 9.59 Å². The molecule has 1 unspecified atom stereocenters. The minimum atomic E-state index is -0.387. The van der Waals surface area contributed by atoms with Gasteiger partial charge in [0.2, 0.25) is 11.1 Å². The summed E-state index contributed by atoms with van der Waals surface area (Å²) in [6.45, 7) is 5.19. The molecule has 0 radical (unpaired) electrons. The number of fused-ring (bicyclic) bond motifs is 1. The smallest absolute Gasteiger partial charge is 0.260 e. The van der Waals surface area contributed by atoms with Gasteiger partial charge in [-0.25, -0.2) is 4.68 Å². The number of likely N-dealkylation sites (N-methyl/N-ethyl adjacent to an activating group) is 1. The number of aromatic nitrogens is 3. The van der Waals surface area contributed by atoms with E-state index in [1.165, 1.54) is 11.8 Å². The summed E-state index contributed by atoms with van der Waals surface area (Å²) in [7, 11) is 0. The maximum atomic E-state index is 13.1. The second-order valence-corrected chi connectivity index (χ2v) is 10.5. The van der Waals surface area contributed by atoms with Crippen molar-refractivity contribution >= 4 is 41.0 Å². The zero-order valence-corrected chi connectivity index (χ0v) is 23.0. The lowest BCUT2D eigenvalue weighted by Crippen LogP contribution is -2.34. The molecule has 0 spiro atoms. The van der Waals surface area contributed by atoms with Gasteiger partial charge in [0.25, 0.3) is 5.91 Å². The largest absolute Gasteiger partial charge is 0.484 e. The minimum absolute atomic E-state index is 0.0125. The van der Waals surface area contributed by atoms with Crippen LogP contribution in [0.5, 0.6) is 5.75 Å². The van der Waals surface area contributed by atoms with Gasteiger partial charge in [-0.1, -0.05) is 53.7 Å². The van der Waals surface area contributed by atoms with Crippen LogP contribution < -0.4 is 10.1 Å². The fourth-order valence-electron chi connectivity index (χ4n) is 4.82. The van der Waals surface area contributed by atoms with Crippen LogP contribution in [0.25, 0.3) is 0 Å². The molecule has 1 atom stereocenters. The summed E-state index contributed by atoms with van der Waals surface area (Å²) in [4.78, 5) is 31.9. The molecule has 2 aromatic carbocycles. The molecular formula is C28H30ClN5O3S. The maximum Gasteiger partial charge on any atom is 0.260 e. The number of rotatable bonds is 9. The summed E-state index contributed by atoms with van der Waals surface area (Å²) in [5.74, 6) is 1.94. The number of benzene rings is 2. The zero-order valence-electron chi connectivity index (χ0n) is 21.4. The number of allylic oxidation sites excluding steroid dienone is 2. The van der Waals surface area contributed by atoms with Crippen molar-refractivity contribution < 1.29 is 14.3 Å². The normalized spacial score (nSPS) is 16.5. The Morgan fingerprint density at radius 2 is 1.92 bits per heavy atom. The van der Waals surface area contributed by atoms with Crippen LogP contribution in [0.1, 0.15) is 50.3 Å². The van der Waals surface area contributed by atoms with Crippen molar-refractivity contribution in [3.05, 3.63) is 76.0 Å². The van der Waals surface area contributed by atoms with Crippen LogP contribution in [0, 0.1) is 0 Å². The number of ether oxygens (including phenoxy) is 1. The summed E-state index contributed by atoms with van der Waals surface area (Å²) in [6, 6.07) is 14.9. The molecule has 1 aromatic heterocycles. The van der Waals surface area contributed by atoms with Gasteiger partial charge in [-0.2, -0.15) is 4.98 Å². The molecule has 198 valence electrons. The lowest BCUT2D eigenvalue weighted by Gasteiger charge is -2.32. The lowest BCUT2D eigenvalue weighted by atomic mass is 9.85. The van der Waals surface area contributed by atoms with Gasteiger partial charge in [0.1, 0.15) is 11.8 Å². The highest BCUT2D eigenvalue weighted by Crippen LogP contribution is 2.41. The molecule has 10 heteroatoms. The quantitative estimate of drug-likeness (QED) is 0.351. The molecule has 1 aliphatic carbocycles. The van der Waals surface area contributed by atoms with Crippen LogP contribution in [0.2, 0.25) is 5.02 Å². The van der Waals surface area contributed by atoms with Gasteiger partial charge in [0.05, 0.1) is 0 Å². The summed E-state index contributed by atoms with van der Waals surface area (Å²) in [6.07, 6.45) is 2.12. The number of Topliss-reactive ketones (excluding diaryl/α,β-unsaturated/α-hetero) is 1. The molecule has 1 amide bonds. The van der Waals surface area contributed by atoms with Crippen molar-refractivity contribution in [2.45, 2.75) is 50.1 Å². The highest BCUT2D eigenvalue weighted by Gasteiger charge is 2.36. The van der Waals surface area contributed by atoms with Crippen LogP contribution in [-0.2, 0) is 15.3 Å². The highest BCUT2D eigenvalue weighted by atomic mass is 35.5. The molecule has 0 saturated carbocycles. The Hall–Kier alpha value is -3.30. The van der Waals surface area contributed by atoms with Crippen molar-refractivity contribution in [2.75, 3.05) is 25.0 Å². The number of hydrogen-bond acceptors (Lipinski definition) is 7. The molecule has 0 bridgehead atoms. The Morgan fingerprint density at radius 3 is 2.66 bits per heavy atom. The van der Waals surface area contributed by atoms with Crippen LogP contribution in [0.4, 0.5) is 5.95 Å². The van der Waals surface area contributed by atoms with E-state index in [0.29, 0.717) is 47.1 Å². The monoisotopic (exact) mass is 551 g/mol. The standard InChI is InChI=1S/C28H30ClN5O3S/c1-3-33(4-2)24(36)16-37-20-14-12-18(13-15-20)26-25-22(10-7-11-23(25)35)30-27-31-28(32-34(26)27)38-17-19-8-5-6-9-21(19)29/h5-6,8-9,12-15,26H,3-4,7,10-11,16-17H2,1-2H3,(H,30,31,32). The van der Waals surface area contributed by atoms with Crippen LogP contribution >= 0.6 is 23.4 Å². The van der Waals surface area contributed by atoms with Gasteiger partial charge in [-0.05, 0) is 56.0 Å². The third-order valence-corrected chi connectivity index (χ3v) is 8.09. The first-order valence-electron chi connectivity index (χ1n) is 12.8. The summed E-state index contributed by atoms with van der Waals surface area (Å²) < 4.78 is 7.55. The van der Waals surface area contributed by atoms with Crippen LogP contribution in [0.3, 0.4) is 0 Å². The van der Waals surface area contributed by atoms with Crippen LogP contribution in [-0.4, -0.2) is 51.1 Å². The molecule has 3 aromatic rings. The van der Waals surface area contributed by atoms with Gasteiger partial charge in [-0.15, -0.1) is 5.10 Å². The topological polar surface area (TPSA) is 89.3 Å². The summed E-state index contributed by atoms with van der Waals surface area (Å²) in [5, 5.41) is 9.48. The molecule has 0 fully saturated rings. The molecule has 1 N–H and O–H groups in total. The second kappa shape index (κ2) is 11.6. The molecule has 0 saturated heterocycles. The van der Waals surface area contributed by atoms with Gasteiger partial charge in [0.15, 0.2) is 12.4 Å². The molecule has 1 aliphatic heterocycles. The van der Waals surface area contributed by atoms with E-state index in [4.69, 9.17) is 26.4 Å². The van der Waals surface area contributed by atoms with E-state index in [2.05, 4.69) is 5.32 Å². The number of anilines is 1. The highest BCUT2D eigenvalue weighted by molar-refractivity contribution is 7.98. The molecule has 2 aliphatic rings. The van der Waals surface area contributed by atoms with Crippen LogP contribution in [0.15, 0.2) is 65.0 Å². The van der Waals surface area contributed by atoms with E-state index in [0.717, 1.165) is 35.2 Å². The van der Waals surface area contributed by atoms with Crippen molar-refractivity contribution in [2.24, 2.45) is 0 Å².